The van der Waals surface area contributed by atoms with Crippen molar-refractivity contribution in [1.29, 1.82) is 0 Å². The second kappa shape index (κ2) is 4.49. The summed E-state index contributed by atoms with van der Waals surface area (Å²) in [4.78, 5) is 19.3. The number of halogens is 1. The van der Waals surface area contributed by atoms with Crippen molar-refractivity contribution in [2.45, 2.75) is 0 Å². The van der Waals surface area contributed by atoms with Gasteiger partial charge in [-0.15, -0.1) is 0 Å². The Bertz CT molecular complexity index is 920. The Morgan fingerprint density at radius 3 is 2.95 bits per heavy atom. The molecule has 1 N–H and O–H groups in total. The van der Waals surface area contributed by atoms with E-state index < -0.39 is 0 Å². The number of H-pyrrole nitrogens is 1. The van der Waals surface area contributed by atoms with Crippen molar-refractivity contribution < 1.29 is 9.47 Å². The molecule has 0 unspecified atom stereocenters. The maximum atomic E-state index is 12.1. The van der Waals surface area contributed by atoms with E-state index in [1.807, 2.05) is 6.07 Å². The molecule has 1 aliphatic rings. The van der Waals surface area contributed by atoms with Crippen LogP contribution in [0.25, 0.3) is 22.3 Å². The quantitative estimate of drug-likeness (QED) is 0.750. The predicted octanol–water partition coefficient (Wildman–Crippen LogP) is 2.97. The number of nitrogens with one attached hydrogen (secondary N) is 1. The molecule has 0 bridgehead atoms. The molecule has 104 valence electrons. The van der Waals surface area contributed by atoms with Gasteiger partial charge in [0.25, 0.3) is 5.56 Å². The third-order valence-electron chi connectivity index (χ3n) is 3.31. The van der Waals surface area contributed by atoms with Gasteiger partial charge in [0, 0.05) is 5.56 Å². The van der Waals surface area contributed by atoms with Crippen molar-refractivity contribution in [1.82, 2.24) is 9.97 Å². The molecule has 0 atom stereocenters. The molecule has 0 saturated heterocycles. The topological polar surface area (TPSA) is 64.2 Å². The number of benzene rings is 2. The van der Waals surface area contributed by atoms with Crippen LogP contribution in [0.1, 0.15) is 0 Å². The predicted molar refractivity (Wildman–Crippen MR) is 78.9 cm³/mol. The molecule has 6 heteroatoms. The SMILES string of the molecule is O=c1[nH]c(-c2cc(Cl)c3c(c2)OCO3)nc2ccccc12. The molecule has 0 radical (unpaired) electrons. The molecule has 0 fully saturated rings. The Morgan fingerprint density at radius 2 is 2.05 bits per heavy atom. The third-order valence-corrected chi connectivity index (χ3v) is 3.59. The summed E-state index contributed by atoms with van der Waals surface area (Å²) in [5.74, 6) is 1.51. The lowest BCUT2D eigenvalue weighted by molar-refractivity contribution is 0.174. The fourth-order valence-corrected chi connectivity index (χ4v) is 2.59. The number of nitrogens with zero attached hydrogens (tertiary/aromatic N) is 1. The Kier molecular flexibility index (Phi) is 2.62. The third kappa shape index (κ3) is 1.94. The number of hydrogen-bond donors (Lipinski definition) is 1. The van der Waals surface area contributed by atoms with Crippen LogP contribution in [0.2, 0.25) is 5.02 Å². The van der Waals surface area contributed by atoms with Crippen LogP contribution < -0.4 is 15.0 Å². The van der Waals surface area contributed by atoms with Gasteiger partial charge >= 0.3 is 0 Å². The Balaban J connectivity index is 1.95. The van der Waals surface area contributed by atoms with E-state index in [0.29, 0.717) is 38.8 Å². The van der Waals surface area contributed by atoms with Gasteiger partial charge in [-0.05, 0) is 24.3 Å². The van der Waals surface area contributed by atoms with Gasteiger partial charge in [-0.2, -0.15) is 0 Å². The highest BCUT2D eigenvalue weighted by molar-refractivity contribution is 6.32. The van der Waals surface area contributed by atoms with Gasteiger partial charge < -0.3 is 14.5 Å². The maximum absolute atomic E-state index is 12.1. The first kappa shape index (κ1) is 12.2. The standard InChI is InChI=1S/C15H9ClN2O3/c16-10-5-8(6-12-13(10)21-7-20-12)14-17-11-4-2-1-3-9(11)15(19)18-14/h1-6H,7H2,(H,17,18,19). The summed E-state index contributed by atoms with van der Waals surface area (Å²) in [6, 6.07) is 10.6. The second-order valence-corrected chi connectivity index (χ2v) is 5.03. The fraction of sp³-hybridized carbons (Fsp3) is 0.0667. The van der Waals surface area contributed by atoms with Crippen molar-refractivity contribution in [3.05, 3.63) is 51.8 Å². The molecule has 2 heterocycles. The lowest BCUT2D eigenvalue weighted by Crippen LogP contribution is -2.09. The highest BCUT2D eigenvalue weighted by Crippen LogP contribution is 2.41. The molecule has 0 saturated carbocycles. The minimum absolute atomic E-state index is 0.139. The first-order chi connectivity index (χ1) is 10.2. The first-order valence-electron chi connectivity index (χ1n) is 6.31. The average Bonchev–Trinajstić information content (AvgIpc) is 2.96. The lowest BCUT2D eigenvalue weighted by Gasteiger charge is -2.06. The normalized spacial score (nSPS) is 12.8. The minimum Gasteiger partial charge on any atom is -0.454 e. The average molecular weight is 301 g/mol. The highest BCUT2D eigenvalue weighted by Gasteiger charge is 2.19. The van der Waals surface area contributed by atoms with Gasteiger partial charge in [0.15, 0.2) is 11.5 Å². The summed E-state index contributed by atoms with van der Waals surface area (Å²) in [6.07, 6.45) is 0. The maximum Gasteiger partial charge on any atom is 0.259 e. The minimum atomic E-state index is -0.190. The van der Waals surface area contributed by atoms with Gasteiger partial charge in [-0.1, -0.05) is 23.7 Å². The van der Waals surface area contributed by atoms with Crippen LogP contribution in [0, 0.1) is 0 Å². The van der Waals surface area contributed by atoms with Crippen molar-refractivity contribution in [2.75, 3.05) is 6.79 Å². The van der Waals surface area contributed by atoms with Gasteiger partial charge in [0.2, 0.25) is 6.79 Å². The molecule has 2 aromatic carbocycles. The number of aromatic nitrogens is 2. The summed E-state index contributed by atoms with van der Waals surface area (Å²) in [5.41, 5.74) is 1.11. The Morgan fingerprint density at radius 1 is 1.19 bits per heavy atom. The highest BCUT2D eigenvalue weighted by atomic mass is 35.5. The molecule has 1 aromatic heterocycles. The van der Waals surface area contributed by atoms with E-state index in [2.05, 4.69) is 9.97 Å². The number of rotatable bonds is 1. The van der Waals surface area contributed by atoms with E-state index in [1.54, 1.807) is 30.3 Å². The van der Waals surface area contributed by atoms with Crippen LogP contribution in [0.5, 0.6) is 11.5 Å². The van der Waals surface area contributed by atoms with Gasteiger partial charge in [0.05, 0.1) is 15.9 Å². The van der Waals surface area contributed by atoms with E-state index in [9.17, 15) is 4.79 Å². The molecule has 0 amide bonds. The van der Waals surface area contributed by atoms with E-state index >= 15 is 0 Å². The van der Waals surface area contributed by atoms with E-state index in [1.165, 1.54) is 0 Å². The van der Waals surface area contributed by atoms with Crippen molar-refractivity contribution in [2.24, 2.45) is 0 Å². The van der Waals surface area contributed by atoms with Crippen LogP contribution in [0.4, 0.5) is 0 Å². The lowest BCUT2D eigenvalue weighted by atomic mass is 10.1. The Labute approximate surface area is 124 Å². The van der Waals surface area contributed by atoms with E-state index in [4.69, 9.17) is 21.1 Å². The second-order valence-electron chi connectivity index (χ2n) is 4.62. The molecule has 0 spiro atoms. The van der Waals surface area contributed by atoms with Gasteiger partial charge in [0.1, 0.15) is 5.82 Å². The van der Waals surface area contributed by atoms with Crippen LogP contribution in [-0.2, 0) is 0 Å². The van der Waals surface area contributed by atoms with E-state index in [0.717, 1.165) is 0 Å². The molecule has 5 nitrogen and oxygen atoms in total. The first-order valence-corrected chi connectivity index (χ1v) is 6.69. The number of ether oxygens (including phenoxy) is 2. The summed E-state index contributed by atoms with van der Waals surface area (Å²) in [5, 5.41) is 0.976. The molecular formula is C15H9ClN2O3. The van der Waals surface area contributed by atoms with Crippen molar-refractivity contribution >= 4 is 22.5 Å². The molecule has 21 heavy (non-hydrogen) atoms. The molecule has 3 aromatic rings. The fourth-order valence-electron chi connectivity index (χ4n) is 2.33. The van der Waals surface area contributed by atoms with Crippen LogP contribution in [-0.4, -0.2) is 16.8 Å². The zero-order chi connectivity index (χ0) is 14.4. The molecular weight excluding hydrogens is 292 g/mol. The van der Waals surface area contributed by atoms with Crippen molar-refractivity contribution in [3.63, 3.8) is 0 Å². The number of hydrogen-bond acceptors (Lipinski definition) is 4. The number of aromatic amines is 1. The Hall–Kier alpha value is -2.53. The summed E-state index contributed by atoms with van der Waals surface area (Å²) in [7, 11) is 0. The smallest absolute Gasteiger partial charge is 0.259 e. The largest absolute Gasteiger partial charge is 0.454 e. The number of para-hydroxylation sites is 1. The van der Waals surface area contributed by atoms with E-state index in [-0.39, 0.29) is 12.4 Å². The number of fused-ring (bicyclic) bond motifs is 2. The van der Waals surface area contributed by atoms with Crippen LogP contribution >= 0.6 is 11.6 Å². The monoisotopic (exact) mass is 300 g/mol. The van der Waals surface area contributed by atoms with Crippen LogP contribution in [0.15, 0.2) is 41.2 Å². The molecule has 0 aliphatic carbocycles. The summed E-state index contributed by atoms with van der Waals surface area (Å²) >= 11 is 6.16. The molecule has 4 rings (SSSR count). The van der Waals surface area contributed by atoms with Crippen molar-refractivity contribution in [3.8, 4) is 22.9 Å². The van der Waals surface area contributed by atoms with Crippen LogP contribution in [0.3, 0.4) is 0 Å². The zero-order valence-electron chi connectivity index (χ0n) is 10.7. The summed E-state index contributed by atoms with van der Waals surface area (Å²) in [6.45, 7) is 0.139. The van der Waals surface area contributed by atoms with Gasteiger partial charge in [-0.3, -0.25) is 4.79 Å². The summed E-state index contributed by atoms with van der Waals surface area (Å²) < 4.78 is 10.6. The van der Waals surface area contributed by atoms with Gasteiger partial charge in [-0.25, -0.2) is 4.98 Å². The zero-order valence-corrected chi connectivity index (χ0v) is 11.5. The molecule has 1 aliphatic heterocycles.